The Balaban J connectivity index is 3.21. The first-order valence-electron chi connectivity index (χ1n) is 4.60. The quantitative estimate of drug-likeness (QED) is 0.410. The van der Waals surface area contributed by atoms with Crippen LogP contribution >= 0.6 is 0 Å². The third-order valence-corrected chi connectivity index (χ3v) is 1.64. The van der Waals surface area contributed by atoms with Gasteiger partial charge < -0.3 is 16.2 Å². The van der Waals surface area contributed by atoms with Crippen molar-refractivity contribution >= 4 is 0 Å². The maximum Gasteiger partial charge on any atom is 0.0840 e. The van der Waals surface area contributed by atoms with Crippen LogP contribution in [0.25, 0.3) is 0 Å². The molecule has 3 heteroatoms. The van der Waals surface area contributed by atoms with Crippen LogP contribution in [0.2, 0.25) is 0 Å². The molecule has 0 heterocycles. The molecule has 3 nitrogen and oxygen atoms in total. The average Bonchev–Trinajstić information content (AvgIpc) is 2.10. The number of aliphatic hydroxyl groups is 1. The van der Waals surface area contributed by atoms with E-state index in [2.05, 4.69) is 11.9 Å². The van der Waals surface area contributed by atoms with Crippen molar-refractivity contribution < 1.29 is 5.11 Å². The lowest BCUT2D eigenvalue weighted by atomic mass is 10.1. The van der Waals surface area contributed by atoms with E-state index in [1.165, 1.54) is 5.57 Å². The van der Waals surface area contributed by atoms with E-state index >= 15 is 0 Å². The maximum atomic E-state index is 8.57. The van der Waals surface area contributed by atoms with Crippen LogP contribution in [0.3, 0.4) is 0 Å². The largest absolute Gasteiger partial charge is 0.399 e. The van der Waals surface area contributed by atoms with Gasteiger partial charge in [0.1, 0.15) is 0 Å². The fourth-order valence-electron chi connectivity index (χ4n) is 0.903. The first-order valence-corrected chi connectivity index (χ1v) is 4.60. The highest BCUT2D eigenvalue weighted by Gasteiger charge is 1.88. The number of unbranched alkanes of at least 4 members (excludes halogenated alkanes) is 1. The third kappa shape index (κ3) is 8.95. The Morgan fingerprint density at radius 1 is 1.54 bits per heavy atom. The van der Waals surface area contributed by atoms with Gasteiger partial charge in [-0.05, 0) is 26.2 Å². The van der Waals surface area contributed by atoms with Crippen molar-refractivity contribution in [1.82, 2.24) is 5.32 Å². The molecule has 0 fully saturated rings. The fraction of sp³-hybridized carbons (Fsp3) is 0.600. The predicted octanol–water partition coefficient (Wildman–Crippen LogP) is 1.11. The second-order valence-corrected chi connectivity index (χ2v) is 3.25. The summed E-state index contributed by atoms with van der Waals surface area (Å²) in [4.78, 5) is 0. The highest BCUT2D eigenvalue weighted by Crippen LogP contribution is 2.02. The zero-order chi connectivity index (χ0) is 10.1. The second-order valence-electron chi connectivity index (χ2n) is 3.25. The molecule has 0 bridgehead atoms. The molecule has 0 aliphatic rings. The summed E-state index contributed by atoms with van der Waals surface area (Å²) in [6.45, 7) is 6.68. The van der Waals surface area contributed by atoms with Gasteiger partial charge in [-0.1, -0.05) is 5.57 Å². The van der Waals surface area contributed by atoms with E-state index in [9.17, 15) is 0 Å². The summed E-state index contributed by atoms with van der Waals surface area (Å²) in [6.07, 6.45) is 4.99. The molecular formula is C10H20N2O. The monoisotopic (exact) mass is 184 g/mol. The minimum Gasteiger partial charge on any atom is -0.399 e. The number of rotatable bonds is 7. The van der Waals surface area contributed by atoms with Crippen molar-refractivity contribution in [1.29, 1.82) is 0 Å². The molecule has 0 aliphatic carbocycles. The fourth-order valence-corrected chi connectivity index (χ4v) is 0.903. The van der Waals surface area contributed by atoms with Crippen LogP contribution in [0.1, 0.15) is 26.2 Å². The van der Waals surface area contributed by atoms with Gasteiger partial charge in [0.25, 0.3) is 0 Å². The molecule has 0 aromatic carbocycles. The summed E-state index contributed by atoms with van der Waals surface area (Å²) in [5.74, 6) is 0. The molecular weight excluding hydrogens is 164 g/mol. The third-order valence-electron chi connectivity index (χ3n) is 1.64. The molecule has 4 N–H and O–H groups in total. The SMILES string of the molecule is C=C(C)CCCCN/C=C(\N)CO. The minimum absolute atomic E-state index is 0.0846. The van der Waals surface area contributed by atoms with Gasteiger partial charge in [0, 0.05) is 18.4 Å². The van der Waals surface area contributed by atoms with Crippen LogP contribution in [0, 0.1) is 0 Å². The molecule has 0 atom stereocenters. The van der Waals surface area contributed by atoms with E-state index in [4.69, 9.17) is 10.8 Å². The van der Waals surface area contributed by atoms with Crippen LogP contribution in [0.15, 0.2) is 24.0 Å². The van der Waals surface area contributed by atoms with E-state index < -0.39 is 0 Å². The molecule has 0 unspecified atom stereocenters. The number of nitrogens with one attached hydrogen (secondary N) is 1. The molecule has 0 aliphatic heterocycles. The highest BCUT2D eigenvalue weighted by atomic mass is 16.3. The van der Waals surface area contributed by atoms with Gasteiger partial charge in [0.15, 0.2) is 0 Å². The van der Waals surface area contributed by atoms with E-state index in [-0.39, 0.29) is 6.61 Å². The Morgan fingerprint density at radius 2 is 2.23 bits per heavy atom. The van der Waals surface area contributed by atoms with E-state index in [1.54, 1.807) is 6.20 Å². The van der Waals surface area contributed by atoms with Gasteiger partial charge in [-0.25, -0.2) is 0 Å². The van der Waals surface area contributed by atoms with Crippen molar-refractivity contribution in [3.05, 3.63) is 24.0 Å². The van der Waals surface area contributed by atoms with Gasteiger partial charge in [-0.3, -0.25) is 0 Å². The van der Waals surface area contributed by atoms with Crippen LogP contribution < -0.4 is 11.1 Å². The van der Waals surface area contributed by atoms with Gasteiger partial charge in [-0.15, -0.1) is 6.58 Å². The Morgan fingerprint density at radius 3 is 2.77 bits per heavy atom. The summed E-state index contributed by atoms with van der Waals surface area (Å²) < 4.78 is 0. The molecule has 0 rings (SSSR count). The zero-order valence-electron chi connectivity index (χ0n) is 8.34. The Bertz CT molecular complexity index is 176. The summed E-state index contributed by atoms with van der Waals surface area (Å²) in [7, 11) is 0. The molecule has 76 valence electrons. The number of hydrogen-bond acceptors (Lipinski definition) is 3. The minimum atomic E-state index is -0.0846. The molecule has 0 aromatic heterocycles. The molecule has 13 heavy (non-hydrogen) atoms. The van der Waals surface area contributed by atoms with E-state index in [0.29, 0.717) is 5.70 Å². The normalized spacial score (nSPS) is 11.4. The number of nitrogens with two attached hydrogens (primary N) is 1. The highest BCUT2D eigenvalue weighted by molar-refractivity contribution is 4.94. The van der Waals surface area contributed by atoms with Crippen LogP contribution in [-0.4, -0.2) is 18.3 Å². The first-order chi connectivity index (χ1) is 6.16. The molecule has 0 saturated heterocycles. The second kappa shape index (κ2) is 7.68. The summed E-state index contributed by atoms with van der Waals surface area (Å²) in [6, 6.07) is 0. The Labute approximate surface area is 80.3 Å². The molecule has 0 saturated carbocycles. The van der Waals surface area contributed by atoms with E-state index in [1.807, 2.05) is 6.92 Å². The Kier molecular flexibility index (Phi) is 7.11. The van der Waals surface area contributed by atoms with Gasteiger partial charge in [-0.2, -0.15) is 0 Å². The molecule has 0 spiro atoms. The summed E-state index contributed by atoms with van der Waals surface area (Å²) in [5.41, 5.74) is 7.07. The van der Waals surface area contributed by atoms with E-state index in [0.717, 1.165) is 25.8 Å². The van der Waals surface area contributed by atoms with Gasteiger partial charge in [0.2, 0.25) is 0 Å². The molecule has 0 radical (unpaired) electrons. The lowest BCUT2D eigenvalue weighted by molar-refractivity contribution is 0.329. The standard InChI is InChI=1S/C10H20N2O/c1-9(2)5-3-4-6-12-7-10(11)8-13/h7,12-13H,1,3-6,8,11H2,2H3/b10-7-. The van der Waals surface area contributed by atoms with Crippen molar-refractivity contribution in [2.24, 2.45) is 5.73 Å². The number of aliphatic hydroxyl groups excluding tert-OH is 1. The zero-order valence-corrected chi connectivity index (χ0v) is 8.34. The van der Waals surface area contributed by atoms with Crippen molar-refractivity contribution in [2.75, 3.05) is 13.2 Å². The lowest BCUT2D eigenvalue weighted by Gasteiger charge is -2.02. The van der Waals surface area contributed by atoms with Crippen molar-refractivity contribution in [2.45, 2.75) is 26.2 Å². The van der Waals surface area contributed by atoms with Gasteiger partial charge >= 0.3 is 0 Å². The molecule has 0 amide bonds. The molecule has 0 aromatic rings. The predicted molar refractivity (Wildman–Crippen MR) is 56.0 cm³/mol. The Hall–Kier alpha value is -0.960. The maximum absolute atomic E-state index is 8.57. The number of hydrogen-bond donors (Lipinski definition) is 3. The van der Waals surface area contributed by atoms with Crippen LogP contribution in [-0.2, 0) is 0 Å². The van der Waals surface area contributed by atoms with Crippen molar-refractivity contribution in [3.8, 4) is 0 Å². The average molecular weight is 184 g/mol. The summed E-state index contributed by atoms with van der Waals surface area (Å²) >= 11 is 0. The van der Waals surface area contributed by atoms with Crippen molar-refractivity contribution in [3.63, 3.8) is 0 Å². The first kappa shape index (κ1) is 12.0. The summed E-state index contributed by atoms with van der Waals surface area (Å²) in [5, 5.41) is 11.6. The van der Waals surface area contributed by atoms with Crippen LogP contribution in [0.5, 0.6) is 0 Å². The number of allylic oxidation sites excluding steroid dienone is 1. The van der Waals surface area contributed by atoms with Crippen LogP contribution in [0.4, 0.5) is 0 Å². The lowest BCUT2D eigenvalue weighted by Crippen LogP contribution is -2.12. The topological polar surface area (TPSA) is 58.3 Å². The smallest absolute Gasteiger partial charge is 0.0840 e. The van der Waals surface area contributed by atoms with Gasteiger partial charge in [0.05, 0.1) is 6.61 Å².